The average Bonchev–Trinajstić information content (AvgIpc) is 2.20. The van der Waals surface area contributed by atoms with E-state index in [9.17, 15) is 4.39 Å². The molecule has 13 heavy (non-hydrogen) atoms. The molecule has 64 valence electrons. The molecule has 0 bridgehead atoms. The fraction of sp³-hybridized carbons (Fsp3) is 0. The Balaban J connectivity index is 2.54. The van der Waals surface area contributed by atoms with Crippen LogP contribution in [0, 0.1) is 5.82 Å². The van der Waals surface area contributed by atoms with E-state index < -0.39 is 0 Å². The largest absolute Gasteiger partial charge is 0.206 e. The average molecular weight is 190 g/mol. The van der Waals surface area contributed by atoms with Crippen LogP contribution in [0.3, 0.4) is 0 Å². The summed E-state index contributed by atoms with van der Waals surface area (Å²) in [4.78, 5) is 0. The van der Waals surface area contributed by atoms with Crippen LogP contribution in [0.5, 0.6) is 0 Å². The molecule has 0 fully saturated rings. The third-order valence-corrected chi connectivity index (χ3v) is 2.51. The van der Waals surface area contributed by atoms with Gasteiger partial charge in [-0.25, -0.2) is 4.39 Å². The highest BCUT2D eigenvalue weighted by molar-refractivity contribution is 7.28. The highest BCUT2D eigenvalue weighted by Crippen LogP contribution is 2.23. The van der Waals surface area contributed by atoms with Crippen LogP contribution < -0.4 is 0 Å². The minimum absolute atomic E-state index is 0.162. The van der Waals surface area contributed by atoms with Crippen LogP contribution in [0.2, 0.25) is 0 Å². The molecule has 2 heteroatoms. The Labute approximate surface area is 78.2 Å². The van der Waals surface area contributed by atoms with E-state index in [-0.39, 0.29) is 5.82 Å². The molecule has 0 radical (unpaired) electrons. The summed E-state index contributed by atoms with van der Waals surface area (Å²) in [7, 11) is 1.16. The first-order valence-electron chi connectivity index (χ1n) is 4.03. The molecule has 1 heterocycles. The van der Waals surface area contributed by atoms with Crippen molar-refractivity contribution in [3.8, 4) is 11.1 Å². The van der Waals surface area contributed by atoms with Gasteiger partial charge in [-0.1, -0.05) is 26.4 Å². The van der Waals surface area contributed by atoms with Crippen molar-refractivity contribution in [1.29, 1.82) is 0 Å². The van der Waals surface area contributed by atoms with Gasteiger partial charge in [-0.15, -0.1) is 0 Å². The molecule has 1 aromatic carbocycles. The third-order valence-electron chi connectivity index (χ3n) is 1.87. The van der Waals surface area contributed by atoms with Crippen molar-refractivity contribution in [2.75, 3.05) is 0 Å². The van der Waals surface area contributed by atoms with E-state index in [0.717, 1.165) is 13.8 Å². The lowest BCUT2D eigenvalue weighted by molar-refractivity contribution is 0.631. The van der Waals surface area contributed by atoms with Gasteiger partial charge in [0.25, 0.3) is 0 Å². The van der Waals surface area contributed by atoms with Crippen molar-refractivity contribution < 1.29 is 4.39 Å². The van der Waals surface area contributed by atoms with Crippen LogP contribution >= 0.6 is 8.19 Å². The van der Waals surface area contributed by atoms with Gasteiger partial charge in [0.05, 0.1) is 0 Å². The second-order valence-corrected chi connectivity index (χ2v) is 3.61. The first kappa shape index (κ1) is 8.40. The Morgan fingerprint density at radius 2 is 1.62 bits per heavy atom. The van der Waals surface area contributed by atoms with Gasteiger partial charge in [0, 0.05) is 5.56 Å². The van der Waals surface area contributed by atoms with Crippen LogP contribution in [0.4, 0.5) is 4.39 Å². The fourth-order valence-electron chi connectivity index (χ4n) is 1.23. The van der Waals surface area contributed by atoms with Crippen molar-refractivity contribution in [2.24, 2.45) is 0 Å². The Hall–Kier alpha value is -1.20. The molecular formula is C11H8FP. The molecule has 0 aliphatic heterocycles. The van der Waals surface area contributed by atoms with Crippen LogP contribution in [-0.4, -0.2) is 0 Å². The van der Waals surface area contributed by atoms with E-state index in [1.807, 2.05) is 29.8 Å². The molecule has 2 rings (SSSR count). The fourth-order valence-corrected chi connectivity index (χ4v) is 1.82. The second kappa shape index (κ2) is 3.68. The molecular weight excluding hydrogens is 182 g/mol. The zero-order chi connectivity index (χ0) is 9.10. The summed E-state index contributed by atoms with van der Waals surface area (Å²) in [6.07, 6.45) is 0. The number of halogens is 1. The summed E-state index contributed by atoms with van der Waals surface area (Å²) >= 11 is 0. The predicted molar refractivity (Wildman–Crippen MR) is 54.3 cm³/mol. The number of hydrogen-bond donors (Lipinski definition) is 0. The Morgan fingerprint density at radius 3 is 2.31 bits per heavy atom. The molecule has 0 N–H and O–H groups in total. The van der Waals surface area contributed by atoms with Gasteiger partial charge in [-0.3, -0.25) is 0 Å². The molecule has 0 spiro atoms. The smallest absolute Gasteiger partial charge is 0.131 e. The van der Waals surface area contributed by atoms with Crippen molar-refractivity contribution in [2.45, 2.75) is 0 Å². The SMILES string of the molecule is Fc1ccccc1-c1ccpcc1. The van der Waals surface area contributed by atoms with Crippen LogP contribution in [-0.2, 0) is 0 Å². The van der Waals surface area contributed by atoms with Crippen LogP contribution in [0.15, 0.2) is 48.0 Å². The third kappa shape index (κ3) is 1.76. The predicted octanol–water partition coefficient (Wildman–Crippen LogP) is 4.07. The highest BCUT2D eigenvalue weighted by atomic mass is 31.0. The van der Waals surface area contributed by atoms with E-state index >= 15 is 0 Å². The minimum Gasteiger partial charge on any atom is -0.206 e. The highest BCUT2D eigenvalue weighted by Gasteiger charge is 2.01. The topological polar surface area (TPSA) is 0 Å². The molecule has 0 saturated carbocycles. The first-order valence-corrected chi connectivity index (χ1v) is 5.06. The van der Waals surface area contributed by atoms with Crippen LogP contribution in [0.1, 0.15) is 0 Å². The van der Waals surface area contributed by atoms with Crippen LogP contribution in [0.25, 0.3) is 11.1 Å². The summed E-state index contributed by atoms with van der Waals surface area (Å²) in [5.74, 6) is 3.84. The standard InChI is InChI=1S/C11H8FP/c12-11-4-2-1-3-10(11)9-5-7-13-8-6-9/h1-8H. The van der Waals surface area contributed by atoms with E-state index in [4.69, 9.17) is 0 Å². The van der Waals surface area contributed by atoms with Crippen molar-refractivity contribution in [1.82, 2.24) is 0 Å². The lowest BCUT2D eigenvalue weighted by atomic mass is 10.1. The maximum Gasteiger partial charge on any atom is 0.131 e. The first-order chi connectivity index (χ1) is 6.38. The van der Waals surface area contributed by atoms with Gasteiger partial charge in [0.2, 0.25) is 0 Å². The molecule has 0 atom stereocenters. The minimum atomic E-state index is -0.162. The Morgan fingerprint density at radius 1 is 0.923 bits per heavy atom. The Bertz CT molecular complexity index is 398. The van der Waals surface area contributed by atoms with E-state index in [1.54, 1.807) is 12.1 Å². The van der Waals surface area contributed by atoms with Crippen molar-refractivity contribution in [3.05, 3.63) is 53.8 Å². The Kier molecular flexibility index (Phi) is 2.37. The van der Waals surface area contributed by atoms with Gasteiger partial charge in [0.15, 0.2) is 0 Å². The summed E-state index contributed by atoms with van der Waals surface area (Å²) in [6.45, 7) is 0. The number of hydrogen-bond acceptors (Lipinski definition) is 0. The monoisotopic (exact) mass is 190 g/mol. The summed E-state index contributed by atoms with van der Waals surface area (Å²) in [5.41, 5.74) is 1.61. The van der Waals surface area contributed by atoms with Gasteiger partial charge >= 0.3 is 0 Å². The van der Waals surface area contributed by atoms with Gasteiger partial charge in [-0.2, -0.15) is 0 Å². The zero-order valence-electron chi connectivity index (χ0n) is 6.94. The maximum absolute atomic E-state index is 13.3. The molecule has 1 aromatic heterocycles. The van der Waals surface area contributed by atoms with E-state index in [2.05, 4.69) is 0 Å². The van der Waals surface area contributed by atoms with Crippen molar-refractivity contribution >= 4 is 8.19 Å². The number of rotatable bonds is 1. The molecule has 0 aliphatic carbocycles. The summed E-state index contributed by atoms with van der Waals surface area (Å²) in [5, 5.41) is 0. The zero-order valence-corrected chi connectivity index (χ0v) is 7.84. The lowest BCUT2D eigenvalue weighted by Gasteiger charge is -2.01. The molecule has 0 amide bonds. The molecule has 0 unspecified atom stereocenters. The summed E-state index contributed by atoms with van der Waals surface area (Å²) < 4.78 is 13.3. The van der Waals surface area contributed by atoms with Gasteiger partial charge in [0.1, 0.15) is 5.82 Å². The van der Waals surface area contributed by atoms with E-state index in [0.29, 0.717) is 5.56 Å². The molecule has 0 nitrogen and oxygen atoms in total. The molecule has 2 aromatic rings. The maximum atomic E-state index is 13.3. The quantitative estimate of drug-likeness (QED) is 0.635. The molecule has 0 saturated heterocycles. The lowest BCUT2D eigenvalue weighted by Crippen LogP contribution is -1.81. The second-order valence-electron chi connectivity index (χ2n) is 2.72. The van der Waals surface area contributed by atoms with Crippen molar-refractivity contribution in [3.63, 3.8) is 0 Å². The van der Waals surface area contributed by atoms with Gasteiger partial charge < -0.3 is 0 Å². The van der Waals surface area contributed by atoms with Gasteiger partial charge in [-0.05, 0) is 35.4 Å². The summed E-state index contributed by atoms with van der Waals surface area (Å²) in [6, 6.07) is 10.7. The van der Waals surface area contributed by atoms with E-state index in [1.165, 1.54) is 6.07 Å². The normalized spacial score (nSPS) is 9.92. The molecule has 0 aliphatic rings. The number of benzene rings is 1.